The molecule has 0 saturated carbocycles. The minimum absolute atomic E-state index is 0.0846. The van der Waals surface area contributed by atoms with Crippen molar-refractivity contribution in [3.63, 3.8) is 0 Å². The number of halogens is 1. The van der Waals surface area contributed by atoms with Crippen LogP contribution >= 0.6 is 0 Å². The molecule has 0 aromatic heterocycles. The van der Waals surface area contributed by atoms with Gasteiger partial charge in [0.25, 0.3) is 0 Å². The van der Waals surface area contributed by atoms with Gasteiger partial charge in [0, 0.05) is 19.1 Å². The Balaban J connectivity index is 2.03. The van der Waals surface area contributed by atoms with Crippen molar-refractivity contribution in [3.8, 4) is 6.07 Å². The number of nitriles is 1. The SMILES string of the molecule is N#Cc1c(F)cccc1NCC1CCOC1. The van der Waals surface area contributed by atoms with Crippen LogP contribution in [0.15, 0.2) is 18.2 Å². The molecule has 16 heavy (non-hydrogen) atoms. The van der Waals surface area contributed by atoms with E-state index >= 15 is 0 Å². The van der Waals surface area contributed by atoms with E-state index in [1.54, 1.807) is 12.1 Å². The molecule has 1 aliphatic heterocycles. The molecule has 1 N–H and O–H groups in total. The van der Waals surface area contributed by atoms with Gasteiger partial charge in [0.05, 0.1) is 12.3 Å². The lowest BCUT2D eigenvalue weighted by Crippen LogP contribution is -2.15. The summed E-state index contributed by atoms with van der Waals surface area (Å²) in [5.41, 5.74) is 0.649. The van der Waals surface area contributed by atoms with Crippen LogP contribution in [0.4, 0.5) is 10.1 Å². The van der Waals surface area contributed by atoms with Crippen molar-refractivity contribution in [2.24, 2.45) is 5.92 Å². The molecule has 1 aromatic rings. The number of hydrogen-bond donors (Lipinski definition) is 1. The molecule has 1 fully saturated rings. The van der Waals surface area contributed by atoms with Crippen LogP contribution in [-0.2, 0) is 4.74 Å². The first-order valence-electron chi connectivity index (χ1n) is 5.31. The summed E-state index contributed by atoms with van der Waals surface area (Å²) in [6.45, 7) is 2.25. The predicted molar refractivity (Wildman–Crippen MR) is 58.5 cm³/mol. The van der Waals surface area contributed by atoms with Crippen LogP contribution in [0, 0.1) is 23.1 Å². The Hall–Kier alpha value is -1.60. The van der Waals surface area contributed by atoms with Crippen molar-refractivity contribution in [1.29, 1.82) is 5.26 Å². The Labute approximate surface area is 93.8 Å². The molecule has 2 rings (SSSR count). The molecule has 1 saturated heterocycles. The summed E-state index contributed by atoms with van der Waals surface area (Å²) in [7, 11) is 0. The van der Waals surface area contributed by atoms with E-state index in [1.165, 1.54) is 6.07 Å². The molecule has 0 aliphatic carbocycles. The first-order chi connectivity index (χ1) is 7.81. The molecule has 1 aliphatic rings. The number of nitrogens with one attached hydrogen (secondary N) is 1. The number of rotatable bonds is 3. The van der Waals surface area contributed by atoms with E-state index in [1.807, 2.05) is 6.07 Å². The number of ether oxygens (including phenoxy) is 1. The van der Waals surface area contributed by atoms with Crippen molar-refractivity contribution < 1.29 is 9.13 Å². The maximum absolute atomic E-state index is 13.3. The second kappa shape index (κ2) is 4.95. The average Bonchev–Trinajstić information content (AvgIpc) is 2.79. The zero-order valence-electron chi connectivity index (χ0n) is 8.87. The van der Waals surface area contributed by atoms with Gasteiger partial charge in [-0.3, -0.25) is 0 Å². The van der Waals surface area contributed by atoms with Gasteiger partial charge in [-0.2, -0.15) is 5.26 Å². The van der Waals surface area contributed by atoms with Crippen molar-refractivity contribution in [3.05, 3.63) is 29.6 Å². The molecule has 1 aromatic carbocycles. The third kappa shape index (κ3) is 2.31. The zero-order chi connectivity index (χ0) is 11.4. The fourth-order valence-electron chi connectivity index (χ4n) is 1.78. The second-order valence-corrected chi connectivity index (χ2v) is 3.88. The molecule has 0 spiro atoms. The Morgan fingerprint density at radius 2 is 2.44 bits per heavy atom. The van der Waals surface area contributed by atoms with Gasteiger partial charge in [0.15, 0.2) is 0 Å². The smallest absolute Gasteiger partial charge is 0.143 e. The monoisotopic (exact) mass is 220 g/mol. The van der Waals surface area contributed by atoms with Gasteiger partial charge in [0.2, 0.25) is 0 Å². The Bertz CT molecular complexity index is 408. The van der Waals surface area contributed by atoms with Crippen LogP contribution in [0.25, 0.3) is 0 Å². The fourth-order valence-corrected chi connectivity index (χ4v) is 1.78. The minimum atomic E-state index is -0.477. The molecule has 84 valence electrons. The van der Waals surface area contributed by atoms with E-state index in [-0.39, 0.29) is 5.56 Å². The molecule has 0 radical (unpaired) electrons. The summed E-state index contributed by atoms with van der Waals surface area (Å²) in [6, 6.07) is 6.49. The van der Waals surface area contributed by atoms with Gasteiger partial charge < -0.3 is 10.1 Å². The third-order valence-electron chi connectivity index (χ3n) is 2.73. The van der Waals surface area contributed by atoms with E-state index in [9.17, 15) is 4.39 Å². The summed E-state index contributed by atoms with van der Waals surface area (Å²) in [6.07, 6.45) is 1.02. The average molecular weight is 220 g/mol. The van der Waals surface area contributed by atoms with Gasteiger partial charge in [-0.05, 0) is 18.6 Å². The van der Waals surface area contributed by atoms with Crippen molar-refractivity contribution in [2.45, 2.75) is 6.42 Å². The van der Waals surface area contributed by atoms with Crippen molar-refractivity contribution >= 4 is 5.69 Å². The maximum atomic E-state index is 13.3. The predicted octanol–water partition coefficient (Wildman–Crippen LogP) is 2.15. The number of benzene rings is 1. The number of anilines is 1. The Kier molecular flexibility index (Phi) is 3.37. The van der Waals surface area contributed by atoms with Gasteiger partial charge in [-0.1, -0.05) is 6.07 Å². The second-order valence-electron chi connectivity index (χ2n) is 3.88. The molecule has 1 unspecified atom stereocenters. The summed E-state index contributed by atoms with van der Waals surface area (Å²) in [5, 5.41) is 11.9. The van der Waals surface area contributed by atoms with E-state index < -0.39 is 5.82 Å². The molecular formula is C12H13FN2O. The van der Waals surface area contributed by atoms with Crippen LogP contribution in [0.1, 0.15) is 12.0 Å². The van der Waals surface area contributed by atoms with Gasteiger partial charge in [-0.25, -0.2) is 4.39 Å². The number of hydrogen-bond acceptors (Lipinski definition) is 3. The lowest BCUT2D eigenvalue weighted by Gasteiger charge is -2.11. The van der Waals surface area contributed by atoms with Gasteiger partial charge in [0.1, 0.15) is 17.4 Å². The normalized spacial score (nSPS) is 19.4. The van der Waals surface area contributed by atoms with E-state index in [2.05, 4.69) is 5.32 Å². The largest absolute Gasteiger partial charge is 0.384 e. The molecule has 0 amide bonds. The minimum Gasteiger partial charge on any atom is -0.384 e. The highest BCUT2D eigenvalue weighted by Gasteiger charge is 2.16. The first-order valence-corrected chi connectivity index (χ1v) is 5.31. The number of nitrogens with zero attached hydrogens (tertiary/aromatic N) is 1. The van der Waals surface area contributed by atoms with Gasteiger partial charge in [-0.15, -0.1) is 0 Å². The van der Waals surface area contributed by atoms with E-state index in [4.69, 9.17) is 10.00 Å². The molecule has 3 nitrogen and oxygen atoms in total. The summed E-state index contributed by atoms with van der Waals surface area (Å²) in [5.74, 6) is -0.0232. The molecule has 1 heterocycles. The lowest BCUT2D eigenvalue weighted by atomic mass is 10.1. The Morgan fingerprint density at radius 3 is 3.12 bits per heavy atom. The van der Waals surface area contributed by atoms with E-state index in [0.717, 1.165) is 26.2 Å². The van der Waals surface area contributed by atoms with Crippen LogP contribution < -0.4 is 5.32 Å². The highest BCUT2D eigenvalue weighted by atomic mass is 19.1. The molecule has 4 heteroatoms. The molecule has 0 bridgehead atoms. The van der Waals surface area contributed by atoms with Crippen molar-refractivity contribution in [1.82, 2.24) is 0 Å². The summed E-state index contributed by atoms with van der Waals surface area (Å²) >= 11 is 0. The van der Waals surface area contributed by atoms with Crippen LogP contribution in [0.3, 0.4) is 0 Å². The van der Waals surface area contributed by atoms with Crippen LogP contribution in [0.5, 0.6) is 0 Å². The van der Waals surface area contributed by atoms with Gasteiger partial charge >= 0.3 is 0 Å². The van der Waals surface area contributed by atoms with Crippen LogP contribution in [0.2, 0.25) is 0 Å². The topological polar surface area (TPSA) is 45.0 Å². The maximum Gasteiger partial charge on any atom is 0.143 e. The highest BCUT2D eigenvalue weighted by molar-refractivity contribution is 5.57. The highest BCUT2D eigenvalue weighted by Crippen LogP contribution is 2.19. The van der Waals surface area contributed by atoms with Crippen LogP contribution in [-0.4, -0.2) is 19.8 Å². The quantitative estimate of drug-likeness (QED) is 0.848. The van der Waals surface area contributed by atoms with Crippen molar-refractivity contribution in [2.75, 3.05) is 25.1 Å². The summed E-state index contributed by atoms with van der Waals surface area (Å²) < 4.78 is 18.5. The summed E-state index contributed by atoms with van der Waals surface area (Å²) in [4.78, 5) is 0. The zero-order valence-corrected chi connectivity index (χ0v) is 8.87. The Morgan fingerprint density at radius 1 is 1.56 bits per heavy atom. The molecular weight excluding hydrogens is 207 g/mol. The fraction of sp³-hybridized carbons (Fsp3) is 0.417. The first kappa shape index (κ1) is 10.9. The molecule has 1 atom stereocenters. The van der Waals surface area contributed by atoms with E-state index in [0.29, 0.717) is 11.6 Å². The third-order valence-corrected chi connectivity index (χ3v) is 2.73. The lowest BCUT2D eigenvalue weighted by molar-refractivity contribution is 0.187. The standard InChI is InChI=1S/C12H13FN2O/c13-11-2-1-3-12(10(11)6-14)15-7-9-4-5-16-8-9/h1-3,9,15H,4-5,7-8H2.